The van der Waals surface area contributed by atoms with Gasteiger partial charge < -0.3 is 0 Å². The lowest BCUT2D eigenvalue weighted by atomic mass is 9.88. The Morgan fingerprint density at radius 1 is 1.24 bits per heavy atom. The molecule has 0 aliphatic carbocycles. The van der Waals surface area contributed by atoms with Crippen LogP contribution in [0.25, 0.3) is 0 Å². The molecule has 0 fully saturated rings. The van der Waals surface area contributed by atoms with Gasteiger partial charge in [0.2, 0.25) is 0 Å². The van der Waals surface area contributed by atoms with Crippen LogP contribution in [-0.2, 0) is 6.42 Å². The fourth-order valence-corrected chi connectivity index (χ4v) is 2.10. The molecule has 96 valence electrons. The highest BCUT2D eigenvalue weighted by atomic mass is 79.9. The summed E-state index contributed by atoms with van der Waals surface area (Å²) >= 11 is 6.64. The minimum atomic E-state index is -0.487. The van der Waals surface area contributed by atoms with E-state index in [4.69, 9.17) is 0 Å². The summed E-state index contributed by atoms with van der Waals surface area (Å²) in [5.41, 5.74) is 0.243. The monoisotopic (exact) mass is 368 g/mol. The van der Waals surface area contributed by atoms with Crippen molar-refractivity contribution in [3.63, 3.8) is 0 Å². The average Bonchev–Trinajstić information content (AvgIpc) is 2.22. The topological polar surface area (TPSA) is 0 Å². The van der Waals surface area contributed by atoms with E-state index in [9.17, 15) is 8.78 Å². The van der Waals surface area contributed by atoms with Crippen LogP contribution in [0.2, 0.25) is 0 Å². The van der Waals surface area contributed by atoms with E-state index < -0.39 is 11.6 Å². The molecule has 1 unspecified atom stereocenters. The predicted molar refractivity (Wildman–Crippen MR) is 74.5 cm³/mol. The molecule has 0 aromatic heterocycles. The van der Waals surface area contributed by atoms with E-state index >= 15 is 0 Å². The van der Waals surface area contributed by atoms with E-state index in [0.717, 1.165) is 0 Å². The lowest BCUT2D eigenvalue weighted by Gasteiger charge is -2.25. The third-order valence-corrected chi connectivity index (χ3v) is 5.17. The lowest BCUT2D eigenvalue weighted by Crippen LogP contribution is -2.21. The van der Waals surface area contributed by atoms with Crippen LogP contribution in [0.5, 0.6) is 0 Å². The molecule has 1 atom stereocenters. The highest BCUT2D eigenvalue weighted by molar-refractivity contribution is 9.10. The quantitative estimate of drug-likeness (QED) is 0.489. The molecule has 17 heavy (non-hydrogen) atoms. The number of benzene rings is 1. The molecule has 0 heterocycles. The maximum Gasteiger partial charge on any atom is 0.143 e. The maximum atomic E-state index is 13.7. The second-order valence-corrected chi connectivity index (χ2v) is 7.15. The minimum absolute atomic E-state index is 0.0823. The molecule has 0 amide bonds. The first kappa shape index (κ1) is 15.1. The van der Waals surface area contributed by atoms with Crippen LogP contribution in [0.15, 0.2) is 16.6 Å². The molecule has 0 spiro atoms. The molecule has 0 aliphatic heterocycles. The Labute approximate surface area is 118 Å². The normalized spacial score (nSPS) is 13.8. The molecular weight excluding hydrogens is 354 g/mol. The van der Waals surface area contributed by atoms with Gasteiger partial charge in [-0.2, -0.15) is 0 Å². The van der Waals surface area contributed by atoms with Gasteiger partial charge in [0.15, 0.2) is 0 Å². The molecule has 0 saturated carbocycles. The summed E-state index contributed by atoms with van der Waals surface area (Å²) in [6.07, 6.45) is 1.10. The van der Waals surface area contributed by atoms with E-state index in [1.165, 1.54) is 12.1 Å². The van der Waals surface area contributed by atoms with Gasteiger partial charge >= 0.3 is 0 Å². The van der Waals surface area contributed by atoms with Crippen LogP contribution in [0.3, 0.4) is 0 Å². The summed E-state index contributed by atoms with van der Waals surface area (Å²) < 4.78 is 27.5. The Hall–Kier alpha value is 0.0400. The first-order valence-corrected chi connectivity index (χ1v) is 7.20. The molecule has 1 aromatic rings. The highest BCUT2D eigenvalue weighted by Crippen LogP contribution is 2.31. The van der Waals surface area contributed by atoms with Crippen molar-refractivity contribution in [1.29, 1.82) is 0 Å². The summed E-state index contributed by atoms with van der Waals surface area (Å²) in [6, 6.07) is 2.69. The lowest BCUT2D eigenvalue weighted by molar-refractivity contribution is 0.382. The van der Waals surface area contributed by atoms with Crippen molar-refractivity contribution < 1.29 is 8.78 Å². The Morgan fingerprint density at radius 2 is 1.82 bits per heavy atom. The summed E-state index contributed by atoms with van der Waals surface area (Å²) in [5.74, 6) is -0.960. The van der Waals surface area contributed by atoms with Gasteiger partial charge in [-0.3, -0.25) is 0 Å². The van der Waals surface area contributed by atoms with E-state index in [2.05, 4.69) is 52.6 Å². The first-order chi connectivity index (χ1) is 7.73. The zero-order valence-electron chi connectivity index (χ0n) is 10.2. The zero-order chi connectivity index (χ0) is 13.2. The molecule has 1 rings (SSSR count). The molecule has 0 saturated heterocycles. The fourth-order valence-electron chi connectivity index (χ4n) is 1.50. The van der Waals surface area contributed by atoms with Crippen LogP contribution in [-0.4, -0.2) is 4.83 Å². The number of hydrogen-bond donors (Lipinski definition) is 0. The van der Waals surface area contributed by atoms with Gasteiger partial charge in [0.25, 0.3) is 0 Å². The van der Waals surface area contributed by atoms with Gasteiger partial charge in [-0.1, -0.05) is 36.7 Å². The smallest absolute Gasteiger partial charge is 0.143 e. The molecule has 1 aromatic carbocycles. The van der Waals surface area contributed by atoms with Crippen LogP contribution in [0, 0.1) is 17.0 Å². The second-order valence-electron chi connectivity index (χ2n) is 5.19. The third-order valence-electron chi connectivity index (χ3n) is 2.73. The Kier molecular flexibility index (Phi) is 5.14. The van der Waals surface area contributed by atoms with Gasteiger partial charge in [0.05, 0.1) is 4.47 Å². The van der Waals surface area contributed by atoms with Crippen LogP contribution in [0.4, 0.5) is 8.78 Å². The highest BCUT2D eigenvalue weighted by Gasteiger charge is 2.22. The Morgan fingerprint density at radius 3 is 2.35 bits per heavy atom. The molecular formula is C13H16Br2F2. The van der Waals surface area contributed by atoms with Crippen LogP contribution >= 0.6 is 31.9 Å². The maximum absolute atomic E-state index is 13.7. The zero-order valence-corrected chi connectivity index (χ0v) is 13.3. The van der Waals surface area contributed by atoms with Crippen molar-refractivity contribution in [1.82, 2.24) is 0 Å². The van der Waals surface area contributed by atoms with E-state index in [1.54, 1.807) is 0 Å². The standard InChI is InChI=1S/C13H16Br2F2/c1-13(2,3)11(15)7-4-8-10(16)6-5-9(14)12(8)17/h5-6,11H,4,7H2,1-3H3. The van der Waals surface area contributed by atoms with Crippen molar-refractivity contribution in [2.45, 2.75) is 38.4 Å². The fraction of sp³-hybridized carbons (Fsp3) is 0.538. The SMILES string of the molecule is CC(C)(C)C(Br)CCc1c(F)ccc(Br)c1F. The van der Waals surface area contributed by atoms with Crippen molar-refractivity contribution in [3.05, 3.63) is 33.8 Å². The summed E-state index contributed by atoms with van der Waals surface area (Å²) in [5, 5.41) is 0. The van der Waals surface area contributed by atoms with Crippen molar-refractivity contribution in [2.75, 3.05) is 0 Å². The molecule has 0 aliphatic rings. The van der Waals surface area contributed by atoms with E-state index in [-0.39, 0.29) is 15.8 Å². The minimum Gasteiger partial charge on any atom is -0.207 e. The molecule has 0 N–H and O–H groups in total. The summed E-state index contributed by atoms with van der Waals surface area (Å²) in [7, 11) is 0. The number of halogens is 4. The van der Waals surface area contributed by atoms with Crippen LogP contribution < -0.4 is 0 Å². The van der Waals surface area contributed by atoms with Gasteiger partial charge in [-0.25, -0.2) is 8.78 Å². The number of hydrogen-bond acceptors (Lipinski definition) is 0. The Balaban J connectivity index is 2.80. The molecule has 0 nitrogen and oxygen atoms in total. The molecule has 4 heteroatoms. The summed E-state index contributed by atoms with van der Waals surface area (Å²) in [6.45, 7) is 6.29. The second kappa shape index (κ2) is 5.79. The van der Waals surface area contributed by atoms with Crippen molar-refractivity contribution >= 4 is 31.9 Å². The van der Waals surface area contributed by atoms with Gasteiger partial charge in [-0.15, -0.1) is 0 Å². The van der Waals surface area contributed by atoms with Crippen molar-refractivity contribution in [2.24, 2.45) is 5.41 Å². The summed E-state index contributed by atoms with van der Waals surface area (Å²) in [4.78, 5) is 0.229. The number of rotatable bonds is 3. The molecule has 0 radical (unpaired) electrons. The largest absolute Gasteiger partial charge is 0.207 e. The van der Waals surface area contributed by atoms with Gasteiger partial charge in [0.1, 0.15) is 11.6 Å². The van der Waals surface area contributed by atoms with E-state index in [1.807, 2.05) is 0 Å². The number of alkyl halides is 1. The van der Waals surface area contributed by atoms with Crippen LogP contribution in [0.1, 0.15) is 32.8 Å². The van der Waals surface area contributed by atoms with Gasteiger partial charge in [0, 0.05) is 10.4 Å². The molecule has 0 bridgehead atoms. The Bertz CT molecular complexity index is 397. The van der Waals surface area contributed by atoms with Gasteiger partial charge in [-0.05, 0) is 46.3 Å². The predicted octanol–water partition coefficient (Wildman–Crippen LogP) is 5.47. The van der Waals surface area contributed by atoms with Crippen molar-refractivity contribution in [3.8, 4) is 0 Å². The van der Waals surface area contributed by atoms with E-state index in [0.29, 0.717) is 17.3 Å². The average molecular weight is 370 g/mol. The first-order valence-electron chi connectivity index (χ1n) is 5.50. The third kappa shape index (κ3) is 4.02.